The highest BCUT2D eigenvalue weighted by Crippen LogP contribution is 2.36. The number of unbranched alkanes of at least 4 members (excludes halogenated alkanes) is 2. The Bertz CT molecular complexity index is 341. The summed E-state index contributed by atoms with van der Waals surface area (Å²) in [4.78, 5) is 0.243. The number of thioether (sulfide) groups is 1. The molecule has 0 heterocycles. The molecule has 94 valence electrons. The van der Waals surface area contributed by atoms with Gasteiger partial charge in [-0.1, -0.05) is 18.2 Å². The third kappa shape index (κ3) is 6.41. The number of allylic oxidation sites excluding steroid dienone is 1. The number of halogens is 3. The van der Waals surface area contributed by atoms with E-state index in [2.05, 4.69) is 6.58 Å². The van der Waals surface area contributed by atoms with E-state index in [4.69, 9.17) is 0 Å². The molecule has 1 aromatic carbocycles. The average molecular weight is 260 g/mol. The van der Waals surface area contributed by atoms with Crippen LogP contribution in [0.2, 0.25) is 0 Å². The third-order valence-electron chi connectivity index (χ3n) is 2.28. The summed E-state index contributed by atoms with van der Waals surface area (Å²) in [6.07, 6.45) is 5.89. The van der Waals surface area contributed by atoms with Crippen LogP contribution in [0.15, 0.2) is 41.8 Å². The molecular formula is C13H15F3S. The molecule has 0 unspecified atom stereocenters. The van der Waals surface area contributed by atoms with Crippen molar-refractivity contribution in [1.29, 1.82) is 0 Å². The minimum absolute atomic E-state index is 0.0718. The molecule has 0 aromatic heterocycles. The SMILES string of the molecule is C=CCCCCc1ccc(SC(F)(F)F)cc1. The van der Waals surface area contributed by atoms with Crippen molar-refractivity contribution in [3.8, 4) is 0 Å². The highest BCUT2D eigenvalue weighted by atomic mass is 32.2. The van der Waals surface area contributed by atoms with Gasteiger partial charge < -0.3 is 0 Å². The lowest BCUT2D eigenvalue weighted by molar-refractivity contribution is -0.0328. The van der Waals surface area contributed by atoms with Gasteiger partial charge in [0.1, 0.15) is 0 Å². The first-order valence-corrected chi connectivity index (χ1v) is 6.28. The molecule has 0 N–H and O–H groups in total. The molecule has 0 saturated heterocycles. The molecule has 0 aliphatic carbocycles. The molecule has 0 nitrogen and oxygen atoms in total. The second-order valence-corrected chi connectivity index (χ2v) is 4.86. The van der Waals surface area contributed by atoms with Crippen molar-refractivity contribution in [2.75, 3.05) is 0 Å². The van der Waals surface area contributed by atoms with Crippen molar-refractivity contribution < 1.29 is 13.2 Å². The van der Waals surface area contributed by atoms with Gasteiger partial charge in [0.25, 0.3) is 0 Å². The Morgan fingerprint density at radius 2 is 1.76 bits per heavy atom. The molecule has 1 rings (SSSR count). The van der Waals surface area contributed by atoms with Crippen LogP contribution in [-0.4, -0.2) is 5.51 Å². The van der Waals surface area contributed by atoms with Gasteiger partial charge in [0.2, 0.25) is 0 Å². The second kappa shape index (κ2) is 6.74. The normalized spacial score (nSPS) is 11.5. The van der Waals surface area contributed by atoms with Crippen LogP contribution in [0.25, 0.3) is 0 Å². The standard InChI is InChI=1S/C13H15F3S/c1-2-3-4-5-6-11-7-9-12(10-8-11)17-13(14,15)16/h2,7-10H,1,3-6H2. The van der Waals surface area contributed by atoms with E-state index in [1.165, 1.54) is 12.1 Å². The molecule has 4 heteroatoms. The van der Waals surface area contributed by atoms with Gasteiger partial charge in [-0.3, -0.25) is 0 Å². The first kappa shape index (κ1) is 14.2. The van der Waals surface area contributed by atoms with Gasteiger partial charge in [0.15, 0.2) is 0 Å². The minimum atomic E-state index is -4.20. The first-order chi connectivity index (χ1) is 8.01. The lowest BCUT2D eigenvalue weighted by Gasteiger charge is -2.06. The Hall–Kier alpha value is -0.900. The average Bonchev–Trinajstić information content (AvgIpc) is 2.25. The van der Waals surface area contributed by atoms with Crippen LogP contribution in [0.3, 0.4) is 0 Å². The summed E-state index contributed by atoms with van der Waals surface area (Å²) in [7, 11) is 0. The number of alkyl halides is 3. The number of hydrogen-bond acceptors (Lipinski definition) is 1. The van der Waals surface area contributed by atoms with E-state index in [1.807, 2.05) is 6.08 Å². The van der Waals surface area contributed by atoms with Gasteiger partial charge in [0.05, 0.1) is 0 Å². The Balaban J connectivity index is 2.42. The quantitative estimate of drug-likeness (QED) is 0.385. The van der Waals surface area contributed by atoms with E-state index in [-0.39, 0.29) is 16.7 Å². The second-order valence-electron chi connectivity index (χ2n) is 3.73. The molecule has 0 atom stereocenters. The predicted octanol–water partition coefficient (Wildman–Crippen LogP) is 5.20. The van der Waals surface area contributed by atoms with Gasteiger partial charge in [-0.2, -0.15) is 13.2 Å². The Labute approximate surface area is 104 Å². The van der Waals surface area contributed by atoms with Crippen LogP contribution in [-0.2, 0) is 6.42 Å². The molecule has 0 aliphatic rings. The Kier molecular flexibility index (Phi) is 5.62. The van der Waals surface area contributed by atoms with E-state index >= 15 is 0 Å². The van der Waals surface area contributed by atoms with E-state index in [0.29, 0.717) is 0 Å². The molecule has 17 heavy (non-hydrogen) atoms. The van der Waals surface area contributed by atoms with Crippen molar-refractivity contribution in [1.82, 2.24) is 0 Å². The molecule has 0 saturated carbocycles. The molecule has 1 aromatic rings. The zero-order chi connectivity index (χ0) is 12.7. The Morgan fingerprint density at radius 1 is 1.12 bits per heavy atom. The molecule has 0 aliphatic heterocycles. The summed E-state index contributed by atoms with van der Waals surface area (Å²) < 4.78 is 36.2. The Morgan fingerprint density at radius 3 is 2.29 bits per heavy atom. The van der Waals surface area contributed by atoms with Crippen LogP contribution in [0.4, 0.5) is 13.2 Å². The smallest absolute Gasteiger partial charge is 0.160 e. The van der Waals surface area contributed by atoms with Crippen molar-refractivity contribution >= 4 is 11.8 Å². The lowest BCUT2D eigenvalue weighted by atomic mass is 10.1. The number of hydrogen-bond donors (Lipinski definition) is 0. The maximum absolute atomic E-state index is 12.1. The van der Waals surface area contributed by atoms with Crippen molar-refractivity contribution in [2.45, 2.75) is 36.1 Å². The first-order valence-electron chi connectivity index (χ1n) is 5.47. The van der Waals surface area contributed by atoms with E-state index in [1.54, 1.807) is 12.1 Å². The summed E-state index contributed by atoms with van der Waals surface area (Å²) in [6, 6.07) is 6.59. The van der Waals surface area contributed by atoms with Gasteiger partial charge in [0, 0.05) is 4.90 Å². The maximum atomic E-state index is 12.1. The molecule has 0 spiro atoms. The predicted molar refractivity (Wildman–Crippen MR) is 66.1 cm³/mol. The van der Waals surface area contributed by atoms with Gasteiger partial charge in [-0.25, -0.2) is 0 Å². The molecule has 0 fully saturated rings. The van der Waals surface area contributed by atoms with Crippen LogP contribution >= 0.6 is 11.8 Å². The fourth-order valence-corrected chi connectivity index (χ4v) is 2.02. The minimum Gasteiger partial charge on any atom is -0.160 e. The molecule has 0 bridgehead atoms. The monoisotopic (exact) mass is 260 g/mol. The zero-order valence-electron chi connectivity index (χ0n) is 9.46. The number of benzene rings is 1. The van der Waals surface area contributed by atoms with E-state index in [0.717, 1.165) is 31.2 Å². The summed E-state index contributed by atoms with van der Waals surface area (Å²) >= 11 is -0.0718. The highest BCUT2D eigenvalue weighted by Gasteiger charge is 2.28. The fraction of sp³-hybridized carbons (Fsp3) is 0.385. The third-order valence-corrected chi connectivity index (χ3v) is 3.02. The van der Waals surface area contributed by atoms with Crippen LogP contribution in [0.1, 0.15) is 24.8 Å². The van der Waals surface area contributed by atoms with Gasteiger partial charge >= 0.3 is 5.51 Å². The van der Waals surface area contributed by atoms with E-state index in [9.17, 15) is 13.2 Å². The summed E-state index contributed by atoms with van der Waals surface area (Å²) in [6.45, 7) is 3.64. The maximum Gasteiger partial charge on any atom is 0.446 e. The summed E-state index contributed by atoms with van der Waals surface area (Å²) in [5, 5.41) is 0. The molecule has 0 radical (unpaired) electrons. The lowest BCUT2D eigenvalue weighted by Crippen LogP contribution is -1.98. The summed E-state index contributed by atoms with van der Waals surface area (Å²) in [5.41, 5.74) is -3.12. The van der Waals surface area contributed by atoms with Gasteiger partial charge in [-0.05, 0) is 55.1 Å². The van der Waals surface area contributed by atoms with Crippen molar-refractivity contribution in [2.24, 2.45) is 0 Å². The largest absolute Gasteiger partial charge is 0.446 e. The molecule has 0 amide bonds. The number of rotatable bonds is 6. The number of aryl methyl sites for hydroxylation is 1. The summed E-state index contributed by atoms with van der Waals surface area (Å²) in [5.74, 6) is 0. The fourth-order valence-electron chi connectivity index (χ4n) is 1.48. The topological polar surface area (TPSA) is 0 Å². The zero-order valence-corrected chi connectivity index (χ0v) is 10.3. The van der Waals surface area contributed by atoms with Crippen LogP contribution in [0, 0.1) is 0 Å². The van der Waals surface area contributed by atoms with Crippen LogP contribution in [0.5, 0.6) is 0 Å². The van der Waals surface area contributed by atoms with E-state index < -0.39 is 5.51 Å². The van der Waals surface area contributed by atoms with Crippen LogP contribution < -0.4 is 0 Å². The highest BCUT2D eigenvalue weighted by molar-refractivity contribution is 8.00. The van der Waals surface area contributed by atoms with Crippen molar-refractivity contribution in [3.05, 3.63) is 42.5 Å². The molecular weight excluding hydrogens is 245 g/mol. The van der Waals surface area contributed by atoms with Crippen molar-refractivity contribution in [3.63, 3.8) is 0 Å². The van der Waals surface area contributed by atoms with Gasteiger partial charge in [-0.15, -0.1) is 6.58 Å².